The molecule has 1 aromatic rings. The maximum atomic E-state index is 12.8. The van der Waals surface area contributed by atoms with Crippen LogP contribution in [0.2, 0.25) is 0 Å². The third kappa shape index (κ3) is 3.58. The van der Waals surface area contributed by atoms with Crippen LogP contribution in [0.1, 0.15) is 31.2 Å². The molecule has 0 unspecified atom stereocenters. The van der Waals surface area contributed by atoms with Gasteiger partial charge in [0.1, 0.15) is 0 Å². The zero-order chi connectivity index (χ0) is 16.3. The second-order valence-electron chi connectivity index (χ2n) is 6.97. The standard InChI is InChI=1S/C17H28N4O2/c1-19-13-15(12-18-19)14-20-7-3-4-17(5-8-20)6-9-21(16(17)22)10-11-23-2/h12-13H,3-11,14H2,1-2H3/t17-/m0/s1. The molecule has 3 rings (SSSR count). The van der Waals surface area contributed by atoms with Crippen LogP contribution in [0.5, 0.6) is 0 Å². The van der Waals surface area contributed by atoms with E-state index < -0.39 is 0 Å². The monoisotopic (exact) mass is 320 g/mol. The number of nitrogens with zero attached hydrogens (tertiary/aromatic N) is 4. The van der Waals surface area contributed by atoms with Crippen molar-refractivity contribution >= 4 is 5.91 Å². The van der Waals surface area contributed by atoms with Gasteiger partial charge < -0.3 is 9.64 Å². The Balaban J connectivity index is 1.58. The van der Waals surface area contributed by atoms with Gasteiger partial charge in [0, 0.05) is 45.6 Å². The zero-order valence-electron chi connectivity index (χ0n) is 14.3. The van der Waals surface area contributed by atoms with Crippen molar-refractivity contribution in [2.24, 2.45) is 12.5 Å². The minimum absolute atomic E-state index is 0.114. The summed E-state index contributed by atoms with van der Waals surface area (Å²) in [6.07, 6.45) is 8.14. The first-order chi connectivity index (χ1) is 11.1. The van der Waals surface area contributed by atoms with E-state index in [1.807, 2.05) is 22.8 Å². The molecule has 2 aliphatic rings. The maximum absolute atomic E-state index is 12.8. The van der Waals surface area contributed by atoms with Crippen LogP contribution in [0.4, 0.5) is 0 Å². The lowest BCUT2D eigenvalue weighted by Gasteiger charge is -2.26. The van der Waals surface area contributed by atoms with Crippen molar-refractivity contribution in [3.05, 3.63) is 18.0 Å². The Kier molecular flexibility index (Phi) is 5.02. The Morgan fingerprint density at radius 3 is 2.83 bits per heavy atom. The van der Waals surface area contributed by atoms with Crippen LogP contribution in [-0.2, 0) is 23.1 Å². The largest absolute Gasteiger partial charge is 0.383 e. The van der Waals surface area contributed by atoms with Gasteiger partial charge in [-0.3, -0.25) is 14.4 Å². The Morgan fingerprint density at radius 2 is 2.09 bits per heavy atom. The number of aromatic nitrogens is 2. The summed E-state index contributed by atoms with van der Waals surface area (Å²) >= 11 is 0. The highest BCUT2D eigenvalue weighted by atomic mass is 16.5. The predicted molar refractivity (Wildman–Crippen MR) is 87.8 cm³/mol. The molecule has 0 aliphatic carbocycles. The molecule has 2 aliphatic heterocycles. The van der Waals surface area contributed by atoms with E-state index in [4.69, 9.17) is 4.74 Å². The summed E-state index contributed by atoms with van der Waals surface area (Å²) in [5.41, 5.74) is 1.14. The number of hydrogen-bond donors (Lipinski definition) is 0. The normalized spacial score (nSPS) is 26.2. The van der Waals surface area contributed by atoms with Gasteiger partial charge in [0.25, 0.3) is 0 Å². The summed E-state index contributed by atoms with van der Waals surface area (Å²) in [6, 6.07) is 0. The molecule has 6 heteroatoms. The van der Waals surface area contributed by atoms with Crippen LogP contribution >= 0.6 is 0 Å². The molecule has 0 radical (unpaired) electrons. The van der Waals surface area contributed by atoms with Crippen molar-refractivity contribution in [2.45, 2.75) is 32.2 Å². The van der Waals surface area contributed by atoms with E-state index in [2.05, 4.69) is 16.2 Å². The lowest BCUT2D eigenvalue weighted by molar-refractivity contribution is -0.137. The SMILES string of the molecule is COCCN1CC[C@@]2(CCCN(Cc3cnn(C)c3)CC2)C1=O. The molecule has 1 aromatic heterocycles. The van der Waals surface area contributed by atoms with Crippen LogP contribution in [0.15, 0.2) is 12.4 Å². The van der Waals surface area contributed by atoms with Crippen LogP contribution in [0.25, 0.3) is 0 Å². The minimum Gasteiger partial charge on any atom is -0.383 e. The number of rotatable bonds is 5. The van der Waals surface area contributed by atoms with Gasteiger partial charge >= 0.3 is 0 Å². The Morgan fingerprint density at radius 1 is 1.26 bits per heavy atom. The molecule has 2 fully saturated rings. The molecule has 0 bridgehead atoms. The van der Waals surface area contributed by atoms with Gasteiger partial charge in [-0.15, -0.1) is 0 Å². The highest BCUT2D eigenvalue weighted by Gasteiger charge is 2.46. The summed E-state index contributed by atoms with van der Waals surface area (Å²) in [5.74, 6) is 0.359. The molecule has 1 amide bonds. The number of amides is 1. The number of likely N-dealkylation sites (tertiary alicyclic amines) is 2. The molecule has 0 saturated carbocycles. The molecule has 6 nitrogen and oxygen atoms in total. The second kappa shape index (κ2) is 7.01. The van der Waals surface area contributed by atoms with Crippen LogP contribution < -0.4 is 0 Å². The van der Waals surface area contributed by atoms with Gasteiger partial charge in [-0.2, -0.15) is 5.10 Å². The van der Waals surface area contributed by atoms with Gasteiger partial charge in [0.2, 0.25) is 5.91 Å². The van der Waals surface area contributed by atoms with Crippen molar-refractivity contribution in [1.29, 1.82) is 0 Å². The van der Waals surface area contributed by atoms with E-state index >= 15 is 0 Å². The van der Waals surface area contributed by atoms with Gasteiger partial charge in [-0.25, -0.2) is 0 Å². The second-order valence-corrected chi connectivity index (χ2v) is 6.97. The fourth-order valence-electron chi connectivity index (χ4n) is 3.99. The fraction of sp³-hybridized carbons (Fsp3) is 0.765. The Hall–Kier alpha value is -1.40. The van der Waals surface area contributed by atoms with E-state index in [1.54, 1.807) is 7.11 Å². The number of carbonyl (C=O) groups is 1. The minimum atomic E-state index is -0.114. The quantitative estimate of drug-likeness (QED) is 0.820. The first kappa shape index (κ1) is 16.5. The third-order valence-corrected chi connectivity index (χ3v) is 5.37. The summed E-state index contributed by atoms with van der Waals surface area (Å²) in [7, 11) is 3.64. The maximum Gasteiger partial charge on any atom is 0.228 e. The molecule has 0 aromatic carbocycles. The van der Waals surface area contributed by atoms with Gasteiger partial charge in [0.15, 0.2) is 0 Å². The number of methoxy groups -OCH3 is 1. The Labute approximate surface area is 138 Å². The Bertz CT molecular complexity index is 544. The van der Waals surface area contributed by atoms with Crippen LogP contribution in [-0.4, -0.2) is 65.4 Å². The molecule has 3 heterocycles. The van der Waals surface area contributed by atoms with E-state index in [1.165, 1.54) is 5.56 Å². The van der Waals surface area contributed by atoms with Crippen LogP contribution in [0.3, 0.4) is 0 Å². The summed E-state index contributed by atoms with van der Waals surface area (Å²) < 4.78 is 6.98. The third-order valence-electron chi connectivity index (χ3n) is 5.37. The highest BCUT2D eigenvalue weighted by Crippen LogP contribution is 2.41. The van der Waals surface area contributed by atoms with Crippen molar-refractivity contribution in [2.75, 3.05) is 39.9 Å². The van der Waals surface area contributed by atoms with E-state index in [9.17, 15) is 4.79 Å². The number of aryl methyl sites for hydroxylation is 1. The number of carbonyl (C=O) groups excluding carboxylic acids is 1. The average molecular weight is 320 g/mol. The molecular weight excluding hydrogens is 292 g/mol. The highest BCUT2D eigenvalue weighted by molar-refractivity contribution is 5.84. The zero-order valence-corrected chi connectivity index (χ0v) is 14.3. The molecule has 1 spiro atoms. The summed E-state index contributed by atoms with van der Waals surface area (Å²) in [6.45, 7) is 5.27. The summed E-state index contributed by atoms with van der Waals surface area (Å²) in [4.78, 5) is 17.3. The predicted octanol–water partition coefficient (Wildman–Crippen LogP) is 1.27. The molecule has 0 N–H and O–H groups in total. The van der Waals surface area contributed by atoms with Crippen molar-refractivity contribution in [3.63, 3.8) is 0 Å². The molecule has 1 atom stereocenters. The smallest absolute Gasteiger partial charge is 0.228 e. The summed E-state index contributed by atoms with van der Waals surface area (Å²) in [5, 5.41) is 4.24. The van der Waals surface area contributed by atoms with E-state index in [0.717, 1.165) is 58.4 Å². The fourth-order valence-corrected chi connectivity index (χ4v) is 3.99. The topological polar surface area (TPSA) is 50.6 Å². The first-order valence-electron chi connectivity index (χ1n) is 8.61. The lowest BCUT2D eigenvalue weighted by Crippen LogP contribution is -2.37. The molecule has 2 saturated heterocycles. The van der Waals surface area contributed by atoms with E-state index in [0.29, 0.717) is 12.5 Å². The molecular formula is C17H28N4O2. The first-order valence-corrected chi connectivity index (χ1v) is 8.61. The van der Waals surface area contributed by atoms with Gasteiger partial charge in [-0.05, 0) is 38.8 Å². The average Bonchev–Trinajstić information content (AvgIpc) is 2.99. The van der Waals surface area contributed by atoms with Crippen molar-refractivity contribution in [1.82, 2.24) is 19.6 Å². The number of ether oxygens (including phenoxy) is 1. The lowest BCUT2D eigenvalue weighted by atomic mass is 9.79. The van der Waals surface area contributed by atoms with Crippen LogP contribution in [0, 0.1) is 5.41 Å². The number of hydrogen-bond acceptors (Lipinski definition) is 4. The van der Waals surface area contributed by atoms with Gasteiger partial charge in [-0.1, -0.05) is 0 Å². The van der Waals surface area contributed by atoms with Crippen molar-refractivity contribution in [3.8, 4) is 0 Å². The van der Waals surface area contributed by atoms with Crippen molar-refractivity contribution < 1.29 is 9.53 Å². The van der Waals surface area contributed by atoms with E-state index in [-0.39, 0.29) is 5.41 Å². The molecule has 128 valence electrons. The molecule has 23 heavy (non-hydrogen) atoms. The van der Waals surface area contributed by atoms with Gasteiger partial charge in [0.05, 0.1) is 18.2 Å².